The molecule has 0 saturated carbocycles. The molecule has 2 saturated heterocycles. The maximum absolute atomic E-state index is 12.6. The van der Waals surface area contributed by atoms with Crippen molar-refractivity contribution in [1.29, 1.82) is 0 Å². The number of carbonyl (C=O) groups is 1. The van der Waals surface area contributed by atoms with E-state index in [1.54, 1.807) is 0 Å². The lowest BCUT2D eigenvalue weighted by atomic mass is 9.73. The summed E-state index contributed by atoms with van der Waals surface area (Å²) in [6.45, 7) is 8.35. The molecule has 2 rings (SSSR count). The molecule has 2 heterocycles. The molecule has 0 spiro atoms. The molecule has 2 aliphatic rings. The van der Waals surface area contributed by atoms with Crippen LogP contribution in [0.25, 0.3) is 0 Å². The van der Waals surface area contributed by atoms with Crippen LogP contribution in [0.1, 0.15) is 46.0 Å². The number of rotatable bonds is 2. The average molecular weight is 238 g/mol. The first kappa shape index (κ1) is 12.9. The van der Waals surface area contributed by atoms with Crippen LogP contribution in [-0.4, -0.2) is 37.0 Å². The predicted octanol–water partition coefficient (Wildman–Crippen LogP) is 2.02. The number of likely N-dealkylation sites (tertiary alicyclic amines) is 1. The van der Waals surface area contributed by atoms with Gasteiger partial charge in [-0.25, -0.2) is 0 Å². The fourth-order valence-electron chi connectivity index (χ4n) is 3.15. The molecule has 0 aliphatic carbocycles. The molecule has 2 aliphatic heterocycles. The van der Waals surface area contributed by atoms with Crippen LogP contribution in [0.2, 0.25) is 0 Å². The van der Waals surface area contributed by atoms with Crippen molar-refractivity contribution in [1.82, 2.24) is 10.2 Å². The summed E-state index contributed by atoms with van der Waals surface area (Å²) in [5, 5.41) is 3.43. The quantitative estimate of drug-likeness (QED) is 0.798. The predicted molar refractivity (Wildman–Crippen MR) is 69.8 cm³/mol. The van der Waals surface area contributed by atoms with Gasteiger partial charge in [0.05, 0.1) is 0 Å². The number of nitrogens with zero attached hydrogens (tertiary/aromatic N) is 1. The Kier molecular flexibility index (Phi) is 4.08. The van der Waals surface area contributed by atoms with Crippen molar-refractivity contribution < 1.29 is 4.79 Å². The highest BCUT2D eigenvalue weighted by molar-refractivity contribution is 5.82. The van der Waals surface area contributed by atoms with E-state index in [4.69, 9.17) is 0 Å². The van der Waals surface area contributed by atoms with Gasteiger partial charge < -0.3 is 10.2 Å². The minimum atomic E-state index is -0.190. The van der Waals surface area contributed by atoms with Crippen molar-refractivity contribution in [3.63, 3.8) is 0 Å². The monoisotopic (exact) mass is 238 g/mol. The van der Waals surface area contributed by atoms with Crippen molar-refractivity contribution in [3.8, 4) is 0 Å². The molecule has 1 N–H and O–H groups in total. The van der Waals surface area contributed by atoms with Gasteiger partial charge in [-0.3, -0.25) is 4.79 Å². The molecule has 1 unspecified atom stereocenters. The Morgan fingerprint density at radius 2 is 1.88 bits per heavy atom. The summed E-state index contributed by atoms with van der Waals surface area (Å²) in [6, 6.07) is 0. The number of hydrogen-bond donors (Lipinski definition) is 1. The lowest BCUT2D eigenvalue weighted by Gasteiger charge is -2.40. The van der Waals surface area contributed by atoms with Crippen LogP contribution >= 0.6 is 0 Å². The second kappa shape index (κ2) is 5.38. The Labute approximate surface area is 105 Å². The zero-order valence-corrected chi connectivity index (χ0v) is 11.3. The van der Waals surface area contributed by atoms with Crippen LogP contribution in [0.4, 0.5) is 0 Å². The van der Waals surface area contributed by atoms with Crippen molar-refractivity contribution in [3.05, 3.63) is 0 Å². The fraction of sp³-hybridized carbons (Fsp3) is 0.929. The minimum absolute atomic E-state index is 0.190. The van der Waals surface area contributed by atoms with Gasteiger partial charge in [0, 0.05) is 18.5 Å². The van der Waals surface area contributed by atoms with Crippen molar-refractivity contribution in [2.75, 3.05) is 26.2 Å². The van der Waals surface area contributed by atoms with Crippen LogP contribution < -0.4 is 5.32 Å². The van der Waals surface area contributed by atoms with E-state index in [1.165, 1.54) is 32.1 Å². The van der Waals surface area contributed by atoms with Gasteiger partial charge in [0.2, 0.25) is 5.91 Å². The first-order valence-corrected chi connectivity index (χ1v) is 7.12. The Balaban J connectivity index is 1.99. The van der Waals surface area contributed by atoms with E-state index in [-0.39, 0.29) is 5.41 Å². The molecule has 0 bridgehead atoms. The summed E-state index contributed by atoms with van der Waals surface area (Å²) < 4.78 is 0. The molecule has 0 aromatic heterocycles. The first-order valence-electron chi connectivity index (χ1n) is 7.12. The third kappa shape index (κ3) is 2.82. The van der Waals surface area contributed by atoms with Crippen LogP contribution in [0.3, 0.4) is 0 Å². The molecule has 0 aromatic rings. The van der Waals surface area contributed by atoms with Crippen molar-refractivity contribution >= 4 is 5.91 Å². The van der Waals surface area contributed by atoms with Crippen LogP contribution in [0.5, 0.6) is 0 Å². The van der Waals surface area contributed by atoms with Gasteiger partial charge in [-0.15, -0.1) is 0 Å². The standard InChI is InChI=1S/C14H26N2O/c1-14(2,12-7-6-8-15-11-12)13(17)16-9-4-3-5-10-16/h12,15H,3-11H2,1-2H3. The Morgan fingerprint density at radius 3 is 2.47 bits per heavy atom. The van der Waals surface area contributed by atoms with Crippen LogP contribution in [0.15, 0.2) is 0 Å². The third-order valence-corrected chi connectivity index (χ3v) is 4.51. The molecule has 2 fully saturated rings. The zero-order chi connectivity index (χ0) is 12.3. The maximum atomic E-state index is 12.6. The number of nitrogens with one attached hydrogen (secondary N) is 1. The van der Waals surface area contributed by atoms with Gasteiger partial charge in [0.1, 0.15) is 0 Å². The van der Waals surface area contributed by atoms with E-state index >= 15 is 0 Å². The molecule has 0 aromatic carbocycles. The number of amides is 1. The van der Waals surface area contributed by atoms with E-state index in [2.05, 4.69) is 24.1 Å². The fourth-order valence-corrected chi connectivity index (χ4v) is 3.15. The highest BCUT2D eigenvalue weighted by atomic mass is 16.2. The molecule has 1 amide bonds. The third-order valence-electron chi connectivity index (χ3n) is 4.51. The number of hydrogen-bond acceptors (Lipinski definition) is 2. The number of carbonyl (C=O) groups excluding carboxylic acids is 1. The first-order chi connectivity index (χ1) is 8.12. The second-order valence-electron chi connectivity index (χ2n) is 6.12. The summed E-state index contributed by atoms with van der Waals surface area (Å²) in [7, 11) is 0. The highest BCUT2D eigenvalue weighted by Crippen LogP contribution is 2.34. The molecule has 17 heavy (non-hydrogen) atoms. The van der Waals surface area contributed by atoms with Gasteiger partial charge in [0.25, 0.3) is 0 Å². The van der Waals surface area contributed by atoms with Crippen molar-refractivity contribution in [2.24, 2.45) is 11.3 Å². The molecule has 98 valence electrons. The summed E-state index contributed by atoms with van der Waals surface area (Å²) >= 11 is 0. The van der Waals surface area contributed by atoms with E-state index in [1.807, 2.05) is 0 Å². The van der Waals surface area contributed by atoms with Crippen LogP contribution in [0, 0.1) is 11.3 Å². The Morgan fingerprint density at radius 1 is 1.18 bits per heavy atom. The summed E-state index contributed by atoms with van der Waals surface area (Å²) in [4.78, 5) is 14.7. The van der Waals surface area contributed by atoms with E-state index in [0.717, 1.165) is 26.2 Å². The molecular formula is C14H26N2O. The van der Waals surface area contributed by atoms with Crippen LogP contribution in [-0.2, 0) is 4.79 Å². The zero-order valence-electron chi connectivity index (χ0n) is 11.3. The van der Waals surface area contributed by atoms with Gasteiger partial charge in [0.15, 0.2) is 0 Å². The van der Waals surface area contributed by atoms with E-state index in [0.29, 0.717) is 11.8 Å². The largest absolute Gasteiger partial charge is 0.342 e. The lowest BCUT2D eigenvalue weighted by Crippen LogP contribution is -2.50. The van der Waals surface area contributed by atoms with Crippen molar-refractivity contribution in [2.45, 2.75) is 46.0 Å². The lowest BCUT2D eigenvalue weighted by molar-refractivity contribution is -0.144. The summed E-state index contributed by atoms with van der Waals surface area (Å²) in [5.41, 5.74) is -0.190. The number of piperidine rings is 2. The van der Waals surface area contributed by atoms with Gasteiger partial charge in [-0.1, -0.05) is 13.8 Å². The minimum Gasteiger partial charge on any atom is -0.342 e. The molecule has 1 atom stereocenters. The highest BCUT2D eigenvalue weighted by Gasteiger charge is 2.39. The summed E-state index contributed by atoms with van der Waals surface area (Å²) in [6.07, 6.45) is 6.06. The topological polar surface area (TPSA) is 32.3 Å². The molecular weight excluding hydrogens is 212 g/mol. The maximum Gasteiger partial charge on any atom is 0.228 e. The second-order valence-corrected chi connectivity index (χ2v) is 6.12. The smallest absolute Gasteiger partial charge is 0.228 e. The van der Waals surface area contributed by atoms with Gasteiger partial charge in [-0.05, 0) is 51.1 Å². The molecule has 3 nitrogen and oxygen atoms in total. The van der Waals surface area contributed by atoms with E-state index < -0.39 is 0 Å². The normalized spacial score (nSPS) is 26.9. The van der Waals surface area contributed by atoms with Gasteiger partial charge in [-0.2, -0.15) is 0 Å². The van der Waals surface area contributed by atoms with Gasteiger partial charge >= 0.3 is 0 Å². The summed E-state index contributed by atoms with van der Waals surface area (Å²) in [5.74, 6) is 0.886. The average Bonchev–Trinajstić information content (AvgIpc) is 2.40. The Bertz CT molecular complexity index is 263. The molecule has 0 radical (unpaired) electrons. The Hall–Kier alpha value is -0.570. The SMILES string of the molecule is CC(C)(C(=O)N1CCCCC1)C1CCCNC1. The molecule has 3 heteroatoms. The van der Waals surface area contributed by atoms with E-state index in [9.17, 15) is 4.79 Å².